The molecule has 0 unspecified atom stereocenters. The number of carbonyl (C=O) groups is 2. The van der Waals surface area contributed by atoms with Crippen molar-refractivity contribution in [2.75, 3.05) is 31.1 Å². The lowest BCUT2D eigenvalue weighted by Gasteiger charge is -2.37. The number of hydrogen-bond acceptors (Lipinski definition) is 5. The third-order valence-electron chi connectivity index (χ3n) is 4.74. The second-order valence-electron chi connectivity index (χ2n) is 6.80. The first kappa shape index (κ1) is 20.3. The van der Waals surface area contributed by atoms with Gasteiger partial charge in [0.1, 0.15) is 5.25 Å². The Morgan fingerprint density at radius 2 is 1.46 bits per heavy atom. The summed E-state index contributed by atoms with van der Waals surface area (Å²) < 4.78 is 5.45. The summed E-state index contributed by atoms with van der Waals surface area (Å²) in [5.41, 5.74) is 1.17. The fourth-order valence-electron chi connectivity index (χ4n) is 3.15. The van der Waals surface area contributed by atoms with Crippen molar-refractivity contribution >= 4 is 29.3 Å². The molecule has 2 aromatic rings. The van der Waals surface area contributed by atoms with E-state index < -0.39 is 6.10 Å². The summed E-state index contributed by atoms with van der Waals surface area (Å²) in [6.07, 6.45) is -0.769. The molecule has 0 aliphatic carbocycles. The van der Waals surface area contributed by atoms with Gasteiger partial charge in [-0.3, -0.25) is 9.59 Å². The maximum absolute atomic E-state index is 12.7. The lowest BCUT2D eigenvalue weighted by molar-refractivity contribution is -0.158. The molecule has 1 aliphatic heterocycles. The molecule has 2 atom stereocenters. The van der Waals surface area contributed by atoms with Crippen molar-refractivity contribution in [3.63, 3.8) is 0 Å². The van der Waals surface area contributed by atoms with Gasteiger partial charge >= 0.3 is 5.97 Å². The van der Waals surface area contributed by atoms with E-state index in [-0.39, 0.29) is 17.1 Å². The van der Waals surface area contributed by atoms with Crippen LogP contribution >= 0.6 is 11.8 Å². The summed E-state index contributed by atoms with van der Waals surface area (Å²) in [6.45, 7) is 6.26. The number of hydrogen-bond donors (Lipinski definition) is 0. The van der Waals surface area contributed by atoms with Crippen LogP contribution in [0.5, 0.6) is 0 Å². The van der Waals surface area contributed by atoms with Crippen LogP contribution in [0.15, 0.2) is 65.6 Å². The molecule has 28 heavy (non-hydrogen) atoms. The number of benzene rings is 2. The van der Waals surface area contributed by atoms with E-state index in [0.717, 1.165) is 18.0 Å². The number of anilines is 1. The summed E-state index contributed by atoms with van der Waals surface area (Å²) in [5.74, 6) is -0.490. The molecule has 0 radical (unpaired) electrons. The highest BCUT2D eigenvalue weighted by Gasteiger charge is 2.28. The summed E-state index contributed by atoms with van der Waals surface area (Å²) in [6, 6.07) is 19.9. The molecule has 148 valence electrons. The minimum absolute atomic E-state index is 0.127. The van der Waals surface area contributed by atoms with E-state index in [2.05, 4.69) is 17.0 Å². The second-order valence-corrected chi connectivity index (χ2v) is 8.21. The summed E-state index contributed by atoms with van der Waals surface area (Å²) in [7, 11) is 0. The highest BCUT2D eigenvalue weighted by atomic mass is 32.2. The van der Waals surface area contributed by atoms with Crippen molar-refractivity contribution in [2.24, 2.45) is 0 Å². The minimum Gasteiger partial charge on any atom is -0.452 e. The van der Waals surface area contributed by atoms with E-state index in [0.29, 0.717) is 13.1 Å². The van der Waals surface area contributed by atoms with Crippen LogP contribution in [0, 0.1) is 0 Å². The predicted molar refractivity (Wildman–Crippen MR) is 113 cm³/mol. The normalized spacial score (nSPS) is 16.4. The average molecular weight is 399 g/mol. The van der Waals surface area contributed by atoms with Gasteiger partial charge in [-0.1, -0.05) is 36.4 Å². The predicted octanol–water partition coefficient (Wildman–Crippen LogP) is 3.45. The van der Waals surface area contributed by atoms with Crippen molar-refractivity contribution in [3.8, 4) is 0 Å². The Bertz CT molecular complexity index is 777. The Balaban J connectivity index is 1.47. The maximum Gasteiger partial charge on any atom is 0.319 e. The number of ether oxygens (including phenoxy) is 1. The maximum atomic E-state index is 12.7. The molecule has 5 nitrogen and oxygen atoms in total. The van der Waals surface area contributed by atoms with Gasteiger partial charge in [-0.15, -0.1) is 11.8 Å². The number of para-hydroxylation sites is 1. The van der Waals surface area contributed by atoms with Crippen molar-refractivity contribution in [2.45, 2.75) is 30.1 Å². The van der Waals surface area contributed by atoms with Gasteiger partial charge in [-0.25, -0.2) is 0 Å². The van der Waals surface area contributed by atoms with Crippen LogP contribution in [-0.4, -0.2) is 54.3 Å². The van der Waals surface area contributed by atoms with Gasteiger partial charge in [-0.2, -0.15) is 0 Å². The molecule has 1 saturated heterocycles. The first-order chi connectivity index (χ1) is 13.5. The fourth-order valence-corrected chi connectivity index (χ4v) is 4.03. The van der Waals surface area contributed by atoms with Gasteiger partial charge in [0.15, 0.2) is 6.10 Å². The van der Waals surface area contributed by atoms with Crippen LogP contribution < -0.4 is 4.90 Å². The van der Waals surface area contributed by atoms with E-state index in [9.17, 15) is 9.59 Å². The highest BCUT2D eigenvalue weighted by molar-refractivity contribution is 8.00. The standard InChI is InChI=1S/C22H26N2O3S/c1-17(27-22(26)18(2)28-20-11-7-4-8-12-20)21(25)24-15-13-23(14-16-24)19-9-5-3-6-10-19/h3-12,17-18H,13-16H2,1-2H3/t17-,18+/m1/s1. The average Bonchev–Trinajstić information content (AvgIpc) is 2.74. The van der Waals surface area contributed by atoms with Gasteiger partial charge in [0, 0.05) is 36.8 Å². The Kier molecular flexibility index (Phi) is 6.98. The zero-order valence-electron chi connectivity index (χ0n) is 16.3. The molecule has 0 aromatic heterocycles. The summed E-state index contributed by atoms with van der Waals surface area (Å²) in [4.78, 5) is 30.1. The van der Waals surface area contributed by atoms with Crippen LogP contribution in [-0.2, 0) is 14.3 Å². The highest BCUT2D eigenvalue weighted by Crippen LogP contribution is 2.24. The monoisotopic (exact) mass is 398 g/mol. The third kappa shape index (κ3) is 5.29. The van der Waals surface area contributed by atoms with Crippen LogP contribution in [0.1, 0.15) is 13.8 Å². The number of nitrogens with zero attached hydrogens (tertiary/aromatic N) is 2. The SMILES string of the molecule is C[C@H](Sc1ccccc1)C(=O)O[C@H](C)C(=O)N1CCN(c2ccccc2)CC1. The van der Waals surface area contributed by atoms with Gasteiger partial charge in [0.2, 0.25) is 0 Å². The molecule has 1 fully saturated rings. The molecule has 1 heterocycles. The fraction of sp³-hybridized carbons (Fsp3) is 0.364. The molecule has 0 bridgehead atoms. The molecule has 6 heteroatoms. The molecular formula is C22H26N2O3S. The molecule has 0 saturated carbocycles. The second kappa shape index (κ2) is 9.64. The number of thioether (sulfide) groups is 1. The van der Waals surface area contributed by atoms with Gasteiger partial charge in [0.05, 0.1) is 0 Å². The third-order valence-corrected chi connectivity index (χ3v) is 5.83. The van der Waals surface area contributed by atoms with E-state index in [1.807, 2.05) is 48.5 Å². The quantitative estimate of drug-likeness (QED) is 0.551. The number of rotatable bonds is 6. The summed E-state index contributed by atoms with van der Waals surface area (Å²) in [5, 5.41) is -0.368. The lowest BCUT2D eigenvalue weighted by Crippen LogP contribution is -2.51. The Labute approximate surface area is 170 Å². The van der Waals surface area contributed by atoms with Gasteiger partial charge in [-0.05, 0) is 38.1 Å². The zero-order valence-corrected chi connectivity index (χ0v) is 17.1. The smallest absolute Gasteiger partial charge is 0.319 e. The first-order valence-corrected chi connectivity index (χ1v) is 10.4. The lowest BCUT2D eigenvalue weighted by atomic mass is 10.2. The van der Waals surface area contributed by atoms with E-state index in [1.165, 1.54) is 17.4 Å². The molecule has 0 spiro atoms. The molecule has 2 aromatic carbocycles. The Morgan fingerprint density at radius 3 is 2.07 bits per heavy atom. The summed E-state index contributed by atoms with van der Waals surface area (Å²) >= 11 is 1.43. The molecule has 1 aliphatic rings. The minimum atomic E-state index is -0.769. The van der Waals surface area contributed by atoms with Crippen molar-refractivity contribution in [3.05, 3.63) is 60.7 Å². The molecule has 0 N–H and O–H groups in total. The molecular weight excluding hydrogens is 372 g/mol. The van der Waals surface area contributed by atoms with E-state index >= 15 is 0 Å². The van der Waals surface area contributed by atoms with Crippen LogP contribution in [0.25, 0.3) is 0 Å². The van der Waals surface area contributed by atoms with Crippen LogP contribution in [0.3, 0.4) is 0 Å². The van der Waals surface area contributed by atoms with Crippen molar-refractivity contribution in [1.29, 1.82) is 0 Å². The first-order valence-electron chi connectivity index (χ1n) is 9.55. The Morgan fingerprint density at radius 1 is 0.893 bits per heavy atom. The van der Waals surface area contributed by atoms with E-state index in [4.69, 9.17) is 4.74 Å². The largest absolute Gasteiger partial charge is 0.452 e. The number of carbonyl (C=O) groups excluding carboxylic acids is 2. The topological polar surface area (TPSA) is 49.9 Å². The number of piperazine rings is 1. The van der Waals surface area contributed by atoms with Crippen LogP contribution in [0.2, 0.25) is 0 Å². The van der Waals surface area contributed by atoms with Crippen molar-refractivity contribution < 1.29 is 14.3 Å². The molecule has 1 amide bonds. The van der Waals surface area contributed by atoms with Crippen LogP contribution in [0.4, 0.5) is 5.69 Å². The van der Waals surface area contributed by atoms with Gasteiger partial charge < -0.3 is 14.5 Å². The Hall–Kier alpha value is -2.47. The van der Waals surface area contributed by atoms with Gasteiger partial charge in [0.25, 0.3) is 5.91 Å². The van der Waals surface area contributed by atoms with Crippen molar-refractivity contribution in [1.82, 2.24) is 4.90 Å². The zero-order chi connectivity index (χ0) is 19.9. The van der Waals surface area contributed by atoms with E-state index in [1.54, 1.807) is 18.7 Å². The molecule has 3 rings (SSSR count). The number of amides is 1. The number of esters is 1.